The summed E-state index contributed by atoms with van der Waals surface area (Å²) >= 11 is 0. The summed E-state index contributed by atoms with van der Waals surface area (Å²) in [6.45, 7) is 6.34. The molecule has 1 heterocycles. The molecule has 4 nitrogen and oxygen atoms in total. The highest BCUT2D eigenvalue weighted by Crippen LogP contribution is 2.38. The third-order valence-electron chi connectivity index (χ3n) is 4.34. The molecular formula is C17H25NO3. The van der Waals surface area contributed by atoms with Crippen LogP contribution in [0, 0.1) is 5.92 Å². The highest BCUT2D eigenvalue weighted by atomic mass is 16.7. The maximum atomic E-state index is 6.08. The first-order valence-corrected chi connectivity index (χ1v) is 8.08. The maximum absolute atomic E-state index is 6.08. The molecule has 0 saturated heterocycles. The summed E-state index contributed by atoms with van der Waals surface area (Å²) in [6.07, 6.45) is 4.87. The van der Waals surface area contributed by atoms with E-state index in [-0.39, 0.29) is 0 Å². The molecule has 0 radical (unpaired) electrons. The van der Waals surface area contributed by atoms with Crippen LogP contribution < -0.4 is 19.5 Å². The first-order valence-electron chi connectivity index (χ1n) is 8.08. The van der Waals surface area contributed by atoms with E-state index < -0.39 is 0 Å². The van der Waals surface area contributed by atoms with Gasteiger partial charge in [0.2, 0.25) is 6.79 Å². The van der Waals surface area contributed by atoms with Gasteiger partial charge in [-0.1, -0.05) is 26.7 Å². The Hall–Kier alpha value is -1.42. The summed E-state index contributed by atoms with van der Waals surface area (Å²) in [7, 11) is 0. The molecule has 1 N–H and O–H groups in total. The van der Waals surface area contributed by atoms with Gasteiger partial charge >= 0.3 is 0 Å². The summed E-state index contributed by atoms with van der Waals surface area (Å²) < 4.78 is 17.0. The number of rotatable bonds is 8. The lowest BCUT2D eigenvalue weighted by Gasteiger charge is -2.17. The summed E-state index contributed by atoms with van der Waals surface area (Å²) in [5.41, 5.74) is 1.16. The van der Waals surface area contributed by atoms with Gasteiger partial charge in [0.15, 0.2) is 11.5 Å². The van der Waals surface area contributed by atoms with Crippen molar-refractivity contribution in [1.29, 1.82) is 0 Å². The molecule has 21 heavy (non-hydrogen) atoms. The van der Waals surface area contributed by atoms with Gasteiger partial charge in [-0.05, 0) is 24.8 Å². The Morgan fingerprint density at radius 1 is 1.19 bits per heavy atom. The van der Waals surface area contributed by atoms with Gasteiger partial charge in [-0.25, -0.2) is 0 Å². The van der Waals surface area contributed by atoms with E-state index in [1.54, 1.807) is 0 Å². The molecule has 0 aromatic heterocycles. The fraction of sp³-hybridized carbons (Fsp3) is 0.647. The molecule has 1 saturated carbocycles. The van der Waals surface area contributed by atoms with Gasteiger partial charge in [-0.3, -0.25) is 0 Å². The van der Waals surface area contributed by atoms with Crippen molar-refractivity contribution in [2.75, 3.05) is 13.4 Å². The van der Waals surface area contributed by atoms with Crippen molar-refractivity contribution >= 4 is 0 Å². The van der Waals surface area contributed by atoms with Crippen LogP contribution in [0.3, 0.4) is 0 Å². The fourth-order valence-corrected chi connectivity index (χ4v) is 2.51. The molecule has 1 aromatic carbocycles. The molecule has 1 aliphatic heterocycles. The van der Waals surface area contributed by atoms with Crippen molar-refractivity contribution in [3.05, 3.63) is 17.7 Å². The molecule has 2 aliphatic rings. The molecule has 0 amide bonds. The zero-order valence-corrected chi connectivity index (χ0v) is 13.0. The molecule has 1 fully saturated rings. The van der Waals surface area contributed by atoms with Crippen molar-refractivity contribution in [3.8, 4) is 17.2 Å². The lowest BCUT2D eigenvalue weighted by Crippen LogP contribution is -2.17. The highest BCUT2D eigenvalue weighted by Gasteiger charge is 2.23. The number of fused-ring (bicyclic) bond motifs is 1. The molecule has 1 aliphatic carbocycles. The molecule has 0 spiro atoms. The van der Waals surface area contributed by atoms with Crippen molar-refractivity contribution < 1.29 is 14.2 Å². The average Bonchev–Trinajstić information content (AvgIpc) is 3.23. The van der Waals surface area contributed by atoms with E-state index in [2.05, 4.69) is 25.2 Å². The predicted octanol–water partition coefficient (Wildman–Crippen LogP) is 3.48. The largest absolute Gasteiger partial charge is 0.493 e. The van der Waals surface area contributed by atoms with Crippen LogP contribution in [0.4, 0.5) is 0 Å². The van der Waals surface area contributed by atoms with E-state index in [1.807, 2.05) is 6.07 Å². The zero-order chi connectivity index (χ0) is 14.7. The molecule has 116 valence electrons. The molecule has 1 aromatic rings. The Balaban J connectivity index is 1.71. The van der Waals surface area contributed by atoms with Crippen LogP contribution in [0.15, 0.2) is 12.1 Å². The second-order valence-electron chi connectivity index (χ2n) is 5.96. The van der Waals surface area contributed by atoms with Crippen LogP contribution in [-0.2, 0) is 6.54 Å². The zero-order valence-electron chi connectivity index (χ0n) is 13.0. The topological polar surface area (TPSA) is 39.7 Å². The molecular weight excluding hydrogens is 266 g/mol. The van der Waals surface area contributed by atoms with Gasteiger partial charge in [0.25, 0.3) is 0 Å². The first kappa shape index (κ1) is 14.5. The second kappa shape index (κ2) is 6.56. The van der Waals surface area contributed by atoms with E-state index in [0.29, 0.717) is 18.8 Å². The number of benzene rings is 1. The van der Waals surface area contributed by atoms with Gasteiger partial charge < -0.3 is 19.5 Å². The highest BCUT2D eigenvalue weighted by molar-refractivity contribution is 5.51. The van der Waals surface area contributed by atoms with Gasteiger partial charge in [-0.15, -0.1) is 0 Å². The lowest BCUT2D eigenvalue weighted by atomic mass is 10.1. The van der Waals surface area contributed by atoms with Crippen molar-refractivity contribution in [3.63, 3.8) is 0 Å². The molecule has 4 heteroatoms. The Morgan fingerprint density at radius 3 is 2.57 bits per heavy atom. The normalized spacial score (nSPS) is 16.5. The minimum absolute atomic E-state index is 0.306. The van der Waals surface area contributed by atoms with Gasteiger partial charge in [0.05, 0.1) is 6.61 Å². The van der Waals surface area contributed by atoms with Gasteiger partial charge in [-0.2, -0.15) is 0 Å². The molecule has 0 bridgehead atoms. The van der Waals surface area contributed by atoms with Crippen LogP contribution in [-0.4, -0.2) is 19.4 Å². The Labute approximate surface area is 126 Å². The maximum Gasteiger partial charge on any atom is 0.231 e. The smallest absolute Gasteiger partial charge is 0.231 e. The Morgan fingerprint density at radius 2 is 1.90 bits per heavy atom. The first-order chi connectivity index (χ1) is 10.3. The number of nitrogens with one attached hydrogen (secondary N) is 1. The Kier molecular flexibility index (Phi) is 4.54. The molecule has 0 atom stereocenters. The summed E-state index contributed by atoms with van der Waals surface area (Å²) in [5, 5.41) is 3.54. The van der Waals surface area contributed by atoms with Crippen LogP contribution in [0.25, 0.3) is 0 Å². The third kappa shape index (κ3) is 3.62. The number of hydrogen-bond donors (Lipinski definition) is 1. The van der Waals surface area contributed by atoms with Crippen LogP contribution >= 0.6 is 0 Å². The summed E-state index contributed by atoms with van der Waals surface area (Å²) in [5.74, 6) is 3.17. The van der Waals surface area contributed by atoms with E-state index in [4.69, 9.17) is 14.2 Å². The van der Waals surface area contributed by atoms with Crippen LogP contribution in [0.2, 0.25) is 0 Å². The van der Waals surface area contributed by atoms with E-state index >= 15 is 0 Å². The van der Waals surface area contributed by atoms with Crippen molar-refractivity contribution in [2.45, 2.75) is 52.1 Å². The Bertz CT molecular complexity index is 481. The quantitative estimate of drug-likeness (QED) is 0.796. The lowest BCUT2D eigenvalue weighted by molar-refractivity contribution is 0.173. The van der Waals surface area contributed by atoms with Crippen LogP contribution in [0.5, 0.6) is 17.2 Å². The van der Waals surface area contributed by atoms with E-state index in [9.17, 15) is 0 Å². The van der Waals surface area contributed by atoms with Crippen LogP contribution in [0.1, 0.15) is 45.1 Å². The predicted molar refractivity (Wildman–Crippen MR) is 82.0 cm³/mol. The third-order valence-corrected chi connectivity index (χ3v) is 4.34. The number of ether oxygens (including phenoxy) is 3. The minimum atomic E-state index is 0.306. The minimum Gasteiger partial charge on any atom is -0.493 e. The second-order valence-corrected chi connectivity index (χ2v) is 5.96. The summed E-state index contributed by atoms with van der Waals surface area (Å²) in [6, 6.07) is 4.72. The average molecular weight is 291 g/mol. The SMILES string of the molecule is CCC(CC)COc1cc2c(cc1CNC1CC1)OCO2. The van der Waals surface area contributed by atoms with E-state index in [0.717, 1.165) is 48.8 Å². The molecule has 0 unspecified atom stereocenters. The summed E-state index contributed by atoms with van der Waals surface area (Å²) in [4.78, 5) is 0. The van der Waals surface area contributed by atoms with Gasteiger partial charge in [0.1, 0.15) is 5.75 Å². The monoisotopic (exact) mass is 291 g/mol. The standard InChI is InChI=1S/C17H25NO3/c1-3-12(4-2)10-19-15-8-17-16(20-11-21-17)7-13(15)9-18-14-5-6-14/h7-8,12,14,18H,3-6,9-11H2,1-2H3. The van der Waals surface area contributed by atoms with Crippen molar-refractivity contribution in [2.24, 2.45) is 5.92 Å². The van der Waals surface area contributed by atoms with Gasteiger partial charge in [0, 0.05) is 24.2 Å². The van der Waals surface area contributed by atoms with Crippen molar-refractivity contribution in [1.82, 2.24) is 5.32 Å². The number of hydrogen-bond acceptors (Lipinski definition) is 4. The van der Waals surface area contributed by atoms with E-state index in [1.165, 1.54) is 12.8 Å². The molecule has 3 rings (SSSR count). The fourth-order valence-electron chi connectivity index (χ4n) is 2.51.